The summed E-state index contributed by atoms with van der Waals surface area (Å²) in [5, 5.41) is 0. The highest BCUT2D eigenvalue weighted by atomic mass is 31.2. The molecule has 0 heterocycles. The number of terminal acetylenes is 2. The van der Waals surface area contributed by atoms with E-state index in [4.69, 9.17) is 12.8 Å². The number of rotatable bonds is 7. The second-order valence-corrected chi connectivity index (χ2v) is 3.59. The zero-order valence-electron chi connectivity index (χ0n) is 7.44. The average molecular weight is 220 g/mol. The van der Waals surface area contributed by atoms with Gasteiger partial charge in [0.05, 0.1) is 6.61 Å². The predicted molar refractivity (Wildman–Crippen MR) is 49.1 cm³/mol. The van der Waals surface area contributed by atoms with Crippen LogP contribution in [-0.4, -0.2) is 26.5 Å². The molecule has 0 bridgehead atoms. The maximum atomic E-state index is 11.7. The molecule has 0 aliphatic heterocycles. The van der Waals surface area contributed by atoms with Gasteiger partial charge in [-0.15, -0.1) is 12.8 Å². The third-order valence-corrected chi connectivity index (χ3v) is 2.33. The molecule has 0 aromatic carbocycles. The molecule has 0 aromatic heterocycles. The van der Waals surface area contributed by atoms with Gasteiger partial charge in [0.25, 0.3) is 0 Å². The van der Waals surface area contributed by atoms with Gasteiger partial charge in [-0.3, -0.25) is 13.6 Å². The maximum Gasteiger partial charge on any atom is 0.476 e. The van der Waals surface area contributed by atoms with Gasteiger partial charge in [0.1, 0.15) is 19.9 Å². The van der Waals surface area contributed by atoms with Gasteiger partial charge in [0.15, 0.2) is 0 Å². The highest BCUT2D eigenvalue weighted by Crippen LogP contribution is 2.48. The minimum Gasteiger partial charge on any atom is -0.284 e. The zero-order chi connectivity index (χ0) is 10.9. The Morgan fingerprint density at radius 1 is 1.14 bits per heavy atom. The first kappa shape index (κ1) is 13.2. The van der Waals surface area contributed by atoms with Crippen molar-refractivity contribution in [1.29, 1.82) is 0 Å². The summed E-state index contributed by atoms with van der Waals surface area (Å²) in [4.78, 5) is 0. The van der Waals surface area contributed by atoms with Crippen LogP contribution in [0.4, 0.5) is 4.39 Å². The first-order valence-corrected chi connectivity index (χ1v) is 5.11. The van der Waals surface area contributed by atoms with Crippen molar-refractivity contribution < 1.29 is 22.5 Å². The molecule has 6 heteroatoms. The van der Waals surface area contributed by atoms with Gasteiger partial charge in [-0.25, -0.2) is 8.96 Å². The average Bonchev–Trinajstić information content (AvgIpc) is 2.21. The lowest BCUT2D eigenvalue weighted by Crippen LogP contribution is -2.03. The van der Waals surface area contributed by atoms with Gasteiger partial charge in [0.2, 0.25) is 0 Å². The molecule has 0 aromatic rings. The molecule has 0 atom stereocenters. The number of phosphoric ester groups is 1. The fourth-order valence-electron chi connectivity index (χ4n) is 0.491. The van der Waals surface area contributed by atoms with Crippen molar-refractivity contribution in [3.05, 3.63) is 0 Å². The van der Waals surface area contributed by atoms with E-state index in [9.17, 15) is 8.96 Å². The summed E-state index contributed by atoms with van der Waals surface area (Å²) in [5.41, 5.74) is 0. The quantitative estimate of drug-likeness (QED) is 0.480. The molecule has 0 unspecified atom stereocenters. The van der Waals surface area contributed by atoms with Crippen LogP contribution in [0.25, 0.3) is 0 Å². The van der Waals surface area contributed by atoms with Gasteiger partial charge in [-0.2, -0.15) is 0 Å². The van der Waals surface area contributed by atoms with Crippen LogP contribution in [0.1, 0.15) is 0 Å². The smallest absolute Gasteiger partial charge is 0.284 e. The highest BCUT2D eigenvalue weighted by molar-refractivity contribution is 7.48. The monoisotopic (exact) mass is 220 g/mol. The Balaban J connectivity index is 4.13. The Hall–Kier alpha value is -0.840. The number of alkyl halides is 1. The molecule has 0 saturated heterocycles. The van der Waals surface area contributed by atoms with Crippen LogP contribution in [0, 0.1) is 24.7 Å². The molecule has 0 aliphatic rings. The Bertz CT molecular complexity index is 256. The van der Waals surface area contributed by atoms with Gasteiger partial charge >= 0.3 is 7.82 Å². The molecule has 78 valence electrons. The first-order valence-electron chi connectivity index (χ1n) is 3.65. The number of hydrogen-bond acceptors (Lipinski definition) is 4. The normalized spacial score (nSPS) is 10.5. The van der Waals surface area contributed by atoms with Crippen LogP contribution in [0.15, 0.2) is 0 Å². The lowest BCUT2D eigenvalue weighted by atomic mass is 10.8. The molecule has 0 fully saturated rings. The third kappa shape index (κ3) is 5.75. The number of hydrogen-bond donors (Lipinski definition) is 0. The summed E-state index contributed by atoms with van der Waals surface area (Å²) in [6.45, 7) is -1.71. The Kier molecular flexibility index (Phi) is 7.10. The molecule has 0 amide bonds. The SMILES string of the molecule is C#CCOP(=O)(OCC#C)OCCF. The molecule has 0 rings (SSSR count). The molecule has 0 aliphatic carbocycles. The van der Waals surface area contributed by atoms with Crippen molar-refractivity contribution in [3.63, 3.8) is 0 Å². The fourth-order valence-corrected chi connectivity index (χ4v) is 1.47. The van der Waals surface area contributed by atoms with Gasteiger partial charge < -0.3 is 0 Å². The van der Waals surface area contributed by atoms with Gasteiger partial charge in [0, 0.05) is 0 Å². The maximum absolute atomic E-state index is 11.7. The van der Waals surface area contributed by atoms with Crippen molar-refractivity contribution in [2.75, 3.05) is 26.5 Å². The highest BCUT2D eigenvalue weighted by Gasteiger charge is 2.25. The largest absolute Gasteiger partial charge is 0.476 e. The minimum atomic E-state index is -3.79. The van der Waals surface area contributed by atoms with Crippen LogP contribution in [0.5, 0.6) is 0 Å². The van der Waals surface area contributed by atoms with E-state index >= 15 is 0 Å². The van der Waals surface area contributed by atoms with E-state index in [2.05, 4.69) is 25.4 Å². The molecule has 0 radical (unpaired) electrons. The molecule has 0 saturated carbocycles. The van der Waals surface area contributed by atoms with Crippen molar-refractivity contribution in [1.82, 2.24) is 0 Å². The van der Waals surface area contributed by atoms with Crippen LogP contribution in [-0.2, 0) is 18.1 Å². The zero-order valence-corrected chi connectivity index (χ0v) is 8.34. The summed E-state index contributed by atoms with van der Waals surface area (Å²) in [6, 6.07) is 0. The van der Waals surface area contributed by atoms with E-state index in [1.165, 1.54) is 0 Å². The first-order chi connectivity index (χ1) is 6.68. The molecule has 0 spiro atoms. The Labute approximate surface area is 82.3 Å². The van der Waals surface area contributed by atoms with Crippen molar-refractivity contribution >= 4 is 7.82 Å². The summed E-state index contributed by atoms with van der Waals surface area (Å²) >= 11 is 0. The summed E-state index contributed by atoms with van der Waals surface area (Å²) in [5.74, 6) is 4.15. The van der Waals surface area contributed by atoms with E-state index in [1.807, 2.05) is 0 Å². The number of phosphoric acid groups is 1. The molecule has 0 N–H and O–H groups in total. The standard InChI is InChI=1S/C8H10FO4P/c1-3-6-11-14(10,12-7-4-2)13-8-5-9/h1-2H,5-8H2. The van der Waals surface area contributed by atoms with Crippen molar-refractivity contribution in [3.8, 4) is 24.7 Å². The second-order valence-electron chi connectivity index (χ2n) is 1.92. The lowest BCUT2D eigenvalue weighted by molar-refractivity contribution is 0.127. The molecular formula is C8H10FO4P. The minimum absolute atomic E-state index is 0.256. The van der Waals surface area contributed by atoms with Crippen molar-refractivity contribution in [2.45, 2.75) is 0 Å². The number of halogens is 1. The van der Waals surface area contributed by atoms with E-state index in [1.54, 1.807) is 0 Å². The van der Waals surface area contributed by atoms with E-state index in [0.29, 0.717) is 0 Å². The van der Waals surface area contributed by atoms with Crippen LogP contribution < -0.4 is 0 Å². The predicted octanol–water partition coefficient (Wildman–Crippen LogP) is 1.38. The van der Waals surface area contributed by atoms with Crippen molar-refractivity contribution in [2.24, 2.45) is 0 Å². The summed E-state index contributed by atoms with van der Waals surface area (Å²) in [6.07, 6.45) is 9.74. The van der Waals surface area contributed by atoms with Crippen LogP contribution in [0.3, 0.4) is 0 Å². The van der Waals surface area contributed by atoms with Crippen LogP contribution in [0.2, 0.25) is 0 Å². The lowest BCUT2D eigenvalue weighted by Gasteiger charge is -2.14. The fraction of sp³-hybridized carbons (Fsp3) is 0.500. The molecule has 4 nitrogen and oxygen atoms in total. The third-order valence-electron chi connectivity index (χ3n) is 0.939. The van der Waals surface area contributed by atoms with Gasteiger partial charge in [-0.1, -0.05) is 11.8 Å². The molecule has 14 heavy (non-hydrogen) atoms. The second kappa shape index (κ2) is 7.55. The molecular weight excluding hydrogens is 210 g/mol. The van der Waals surface area contributed by atoms with Gasteiger partial charge in [-0.05, 0) is 0 Å². The Morgan fingerprint density at radius 3 is 2.00 bits per heavy atom. The van der Waals surface area contributed by atoms with E-state index in [-0.39, 0.29) is 13.2 Å². The van der Waals surface area contributed by atoms with E-state index in [0.717, 1.165) is 0 Å². The topological polar surface area (TPSA) is 44.8 Å². The van der Waals surface area contributed by atoms with Crippen LogP contribution >= 0.6 is 7.82 Å². The Morgan fingerprint density at radius 2 is 1.64 bits per heavy atom. The summed E-state index contributed by atoms with van der Waals surface area (Å²) in [7, 11) is -3.79. The van der Waals surface area contributed by atoms with E-state index < -0.39 is 21.1 Å². The summed E-state index contributed by atoms with van der Waals surface area (Å²) < 4.78 is 36.9.